The van der Waals surface area contributed by atoms with E-state index < -0.39 is 0 Å². The molecule has 0 heterocycles. The minimum absolute atomic E-state index is 0. The van der Waals surface area contributed by atoms with E-state index in [2.05, 4.69) is 275 Å². The van der Waals surface area contributed by atoms with Crippen LogP contribution in [0, 0.1) is 77.0 Å². The van der Waals surface area contributed by atoms with Gasteiger partial charge in [0.1, 0.15) is 0 Å². The van der Waals surface area contributed by atoms with Gasteiger partial charge in [0.25, 0.3) is 0 Å². The molecule has 0 saturated carbocycles. The Morgan fingerprint density at radius 2 is 0.325 bits per heavy atom. The van der Waals surface area contributed by atoms with E-state index in [1.165, 1.54) is 137 Å². The molecule has 0 aromatic heterocycles. The smallest absolute Gasteiger partial charge is 0.334 e. The van der Waals surface area contributed by atoms with Gasteiger partial charge in [-0.05, 0) is 87.7 Å². The monoisotopic (exact) mass is 2210 g/mol. The van der Waals surface area contributed by atoms with Gasteiger partial charge < -0.3 is 77.0 Å². The Bertz CT molecular complexity index is 2230. The molecule has 5 unspecified atom stereocenters. The Hall–Kier alpha value is -1.84. The fourth-order valence-corrected chi connectivity index (χ4v) is 12.5. The molecule has 3 heteroatoms. The van der Waals surface area contributed by atoms with Crippen molar-refractivity contribution >= 4 is 0 Å². The van der Waals surface area contributed by atoms with Gasteiger partial charge in [-0.1, -0.05) is 421 Å². The molecule has 0 aliphatic carbocycles. The van der Waals surface area contributed by atoms with Crippen LogP contribution in [0.4, 0.5) is 0 Å². The molecule has 5 rings (SSSR count). The molecule has 0 fully saturated rings. The van der Waals surface area contributed by atoms with Crippen molar-refractivity contribution in [1.82, 2.24) is 0 Å². The van der Waals surface area contributed by atoms with Crippen LogP contribution in [0.5, 0.6) is 0 Å². The summed E-state index contributed by atoms with van der Waals surface area (Å²) in [7, 11) is 0. The molecule has 5 atom stereocenters. The number of hydrogen-bond acceptors (Lipinski definition) is 0. The van der Waals surface area contributed by atoms with E-state index in [9.17, 15) is 0 Å². The number of aryl methyl sites for hydroxylation is 5. The summed E-state index contributed by atoms with van der Waals surface area (Å²) in [5.74, 6) is 3.15. The number of benzene rings is 5. The second-order valence-corrected chi connectivity index (χ2v) is 23.3. The van der Waals surface area contributed by atoms with Crippen LogP contribution >= 0.6 is 0 Å². The van der Waals surface area contributed by atoms with Crippen molar-refractivity contribution in [3.8, 4) is 0 Å². The number of rotatable bonds is 44. The van der Waals surface area contributed by atoms with E-state index in [0.717, 1.165) is 51.4 Å². The van der Waals surface area contributed by atoms with Gasteiger partial charge in [-0.3, -0.25) is 0 Å². The van der Waals surface area contributed by atoms with E-state index in [-0.39, 0.29) is 63.2 Å². The Balaban J connectivity index is -0.0000000684. The first-order valence-corrected chi connectivity index (χ1v) is 50.8. The molecule has 0 aliphatic rings. The Kier molecular flexibility index (Phi) is 212. The summed E-state index contributed by atoms with van der Waals surface area (Å²) in [4.78, 5) is 0. The van der Waals surface area contributed by atoms with Crippen molar-refractivity contribution < 1.29 is 63.2 Å². The van der Waals surface area contributed by atoms with Crippen LogP contribution in [0.1, 0.15) is 525 Å². The van der Waals surface area contributed by atoms with Gasteiger partial charge in [0.2, 0.25) is 0 Å². The summed E-state index contributed by atoms with van der Waals surface area (Å²) in [5.41, 5.74) is 15.3. The summed E-state index contributed by atoms with van der Waals surface area (Å²) in [6.45, 7) is 92.4. The fraction of sp³-hybridized carbons (Fsp3) is 0.641. The number of hydrogen-bond donors (Lipinski definition) is 0. The minimum atomic E-state index is 0. The fourth-order valence-electron chi connectivity index (χ4n) is 12.5. The largest absolute Gasteiger partial charge is 4.00 e. The van der Waals surface area contributed by atoms with Gasteiger partial charge in [0.05, 0.1) is 0 Å². The van der Waals surface area contributed by atoms with Crippen molar-refractivity contribution in [3.63, 3.8) is 0 Å². The molecular weight excluding hydrogens is 1990 g/mol. The maximum absolute atomic E-state index is 2.58. The zero-order chi connectivity index (χ0) is 94.0. The second-order valence-electron chi connectivity index (χ2n) is 23.3. The van der Waals surface area contributed by atoms with Crippen LogP contribution in [0.3, 0.4) is 0 Å². The minimum Gasteiger partial charge on any atom is -0.334 e. The third kappa shape index (κ3) is 95.3. The maximum Gasteiger partial charge on any atom is 4.00 e. The zero-order valence-electron chi connectivity index (χ0n) is 90.0. The van der Waals surface area contributed by atoms with Crippen LogP contribution in [0.15, 0.2) is 121 Å². The molecule has 0 radical (unpaired) electrons. The van der Waals surface area contributed by atoms with Crippen molar-refractivity contribution in [1.29, 1.82) is 0 Å². The quantitative estimate of drug-likeness (QED) is 0.0269. The molecule has 5 aromatic carbocycles. The Labute approximate surface area is 812 Å². The Morgan fingerprint density at radius 1 is 0.175 bits per heavy atom. The van der Waals surface area contributed by atoms with Gasteiger partial charge in [0, 0.05) is 0 Å². The second kappa shape index (κ2) is 158. The maximum atomic E-state index is 2.58. The Morgan fingerprint density at radius 3 is 0.500 bits per heavy atom. The molecular formula is C117H222Pt3. The normalized spacial score (nSPS) is 9.91. The molecule has 0 spiro atoms. The van der Waals surface area contributed by atoms with E-state index >= 15 is 0 Å². The van der Waals surface area contributed by atoms with Crippen molar-refractivity contribution in [2.45, 2.75) is 502 Å². The molecule has 0 saturated heterocycles. The standard InChI is InChI=1S/C31H44.C30H42.C22H34.17C2H6.3Pt/c1-5-18-28(30-24-16-14-20-26(30)7-3)22-12-10-9-11-13-23-29(19-6-2)31-25-17-15-21-27(31)8-4;1-5-9-10-11-20-28(30-24-15-13-19-26(30)8-4)22-16-21-27(17-6-2)29-23-14-12-18-25(29)7-3;1-4-7-8-9-10-11-12-13-18-21(16-5-2)22-19-15-14-17-20(22)6-3;17*1-2;;;/h5-6,12-17,20-21,24-25,28-29H,7-11,18-19,22-23H2,1-4H3;5-6,11-16,18-19,23-24,27-28H,7-10,17,20-22H2,1-4H3;4-5,9,13-15,17,19,21H,6-8,10-12,16,18H2,1-3H3;17*1-2H3;;;/q3*-4;;;;;;;;;;;;;;;;;;3*+4. The molecule has 0 aliphatic heterocycles. The molecule has 0 amide bonds. The molecule has 0 bridgehead atoms. The van der Waals surface area contributed by atoms with E-state index in [1.54, 1.807) is 27.8 Å². The molecule has 120 heavy (non-hydrogen) atoms. The summed E-state index contributed by atoms with van der Waals surface area (Å²) >= 11 is 0. The van der Waals surface area contributed by atoms with Gasteiger partial charge in [-0.2, -0.15) is 131 Å². The topological polar surface area (TPSA) is 0 Å². The summed E-state index contributed by atoms with van der Waals surface area (Å²) in [6.07, 6.45) is 58.8. The molecule has 0 nitrogen and oxygen atoms in total. The summed E-state index contributed by atoms with van der Waals surface area (Å²) in [6, 6.07) is 45.1. The third-order valence-electron chi connectivity index (χ3n) is 17.1. The molecule has 720 valence electrons. The van der Waals surface area contributed by atoms with Crippen LogP contribution in [0.25, 0.3) is 0 Å². The first kappa shape index (κ1) is 162. The molecule has 5 aromatic rings. The molecule has 0 N–H and O–H groups in total. The predicted octanol–water partition coefficient (Wildman–Crippen LogP) is 42.5. The SMILES string of the molecule is CC.CC.CC.CC.CC.CC.CC.CC.CC.CC.CC.CC.CC.CC.CC.CC.CC.C[CH-]CC(C[CH-]CCC[CH-]CC(C[CH-]C)c1ccccc1CC)c1ccccc1CC.C[CH-]CC[CH-]CC(C[CH-]CC(C[CH-]C)c1ccccc1CC)c1ccccc1CC.C[CH-]CC[CH-]CCC[CH-]CC(C[CH-]C)c1ccccc1CC.[Pt+4].[Pt+4].[Pt+4]. The summed E-state index contributed by atoms with van der Waals surface area (Å²) < 4.78 is 0. The average Bonchev–Trinajstić information content (AvgIpc) is 0.883. The predicted molar refractivity (Wildman–Crippen MR) is 564 cm³/mol. The van der Waals surface area contributed by atoms with Crippen LogP contribution < -0.4 is 0 Å². The van der Waals surface area contributed by atoms with Crippen LogP contribution in [0.2, 0.25) is 0 Å². The van der Waals surface area contributed by atoms with E-state index in [0.29, 0.717) is 29.6 Å². The van der Waals surface area contributed by atoms with Gasteiger partial charge in [-0.25, -0.2) is 25.7 Å². The summed E-state index contributed by atoms with van der Waals surface area (Å²) in [5, 5.41) is 0. The third-order valence-corrected chi connectivity index (χ3v) is 17.1. The van der Waals surface area contributed by atoms with Crippen molar-refractivity contribution in [2.75, 3.05) is 0 Å². The first-order valence-electron chi connectivity index (χ1n) is 50.8. The zero-order valence-corrected chi connectivity index (χ0v) is 96.8. The van der Waals surface area contributed by atoms with Crippen LogP contribution in [-0.4, -0.2) is 0 Å². The number of unbranched alkanes of at least 4 members (excludes halogenated alkanes) is 14. The van der Waals surface area contributed by atoms with E-state index in [4.69, 9.17) is 0 Å². The average molecular weight is 2210 g/mol. The van der Waals surface area contributed by atoms with Crippen molar-refractivity contribution in [2.24, 2.45) is 0 Å². The van der Waals surface area contributed by atoms with Crippen LogP contribution in [-0.2, 0) is 95.3 Å². The van der Waals surface area contributed by atoms with Gasteiger partial charge >= 0.3 is 63.2 Å². The van der Waals surface area contributed by atoms with Crippen molar-refractivity contribution in [3.05, 3.63) is 254 Å². The first-order chi connectivity index (χ1) is 57.8. The van der Waals surface area contributed by atoms with Gasteiger partial charge in [-0.15, -0.1) is 12.8 Å². The van der Waals surface area contributed by atoms with E-state index in [1.807, 2.05) is 235 Å². The van der Waals surface area contributed by atoms with Gasteiger partial charge in [0.15, 0.2) is 0 Å².